The minimum Gasteiger partial charge on any atom is -0.381 e. The summed E-state index contributed by atoms with van der Waals surface area (Å²) in [5.41, 5.74) is 6.14. The maximum absolute atomic E-state index is 6.14. The van der Waals surface area contributed by atoms with Gasteiger partial charge in [-0.25, -0.2) is 0 Å². The molecule has 1 aromatic heterocycles. The summed E-state index contributed by atoms with van der Waals surface area (Å²) < 4.78 is 5.43. The van der Waals surface area contributed by atoms with Gasteiger partial charge in [-0.05, 0) is 24.3 Å². The summed E-state index contributed by atoms with van der Waals surface area (Å²) in [5, 5.41) is 2.08. The number of ether oxygens (including phenoxy) is 1. The van der Waals surface area contributed by atoms with Gasteiger partial charge in [0.15, 0.2) is 0 Å². The third kappa shape index (κ3) is 2.10. The summed E-state index contributed by atoms with van der Waals surface area (Å²) in [4.78, 5) is 1.29. The van der Waals surface area contributed by atoms with Crippen LogP contribution in [0.3, 0.4) is 0 Å². The highest BCUT2D eigenvalue weighted by Gasteiger charge is 2.22. The van der Waals surface area contributed by atoms with Crippen molar-refractivity contribution >= 4 is 11.3 Å². The number of hydrogen-bond donors (Lipinski definition) is 1. The normalized spacial score (nSPS) is 25.8. The second kappa shape index (κ2) is 4.22. The average molecular weight is 197 g/mol. The van der Waals surface area contributed by atoms with Crippen LogP contribution in [0, 0.1) is 5.92 Å². The molecule has 0 radical (unpaired) electrons. The van der Waals surface area contributed by atoms with Crippen LogP contribution in [0.2, 0.25) is 0 Å². The molecule has 13 heavy (non-hydrogen) atoms. The van der Waals surface area contributed by atoms with Gasteiger partial charge in [-0.2, -0.15) is 0 Å². The summed E-state index contributed by atoms with van der Waals surface area (Å²) in [7, 11) is 0. The molecule has 2 N–H and O–H groups in total. The first-order chi connectivity index (χ1) is 6.38. The fraction of sp³-hybridized carbons (Fsp3) is 0.600. The van der Waals surface area contributed by atoms with Gasteiger partial charge in [0.2, 0.25) is 0 Å². The Balaban J connectivity index is 1.99. The van der Waals surface area contributed by atoms with Gasteiger partial charge in [0.05, 0.1) is 6.61 Å². The molecular weight excluding hydrogens is 182 g/mol. The molecule has 0 amide bonds. The Morgan fingerprint density at radius 3 is 3.15 bits per heavy atom. The molecule has 72 valence electrons. The smallest absolute Gasteiger partial charge is 0.0512 e. The van der Waals surface area contributed by atoms with Crippen molar-refractivity contribution in [3.8, 4) is 0 Å². The maximum Gasteiger partial charge on any atom is 0.0512 e. The molecule has 0 aromatic carbocycles. The predicted octanol–water partition coefficient (Wildman–Crippen LogP) is 2.17. The van der Waals surface area contributed by atoms with Gasteiger partial charge in [0.1, 0.15) is 0 Å². The monoisotopic (exact) mass is 197 g/mol. The van der Waals surface area contributed by atoms with Crippen LogP contribution >= 0.6 is 11.3 Å². The zero-order chi connectivity index (χ0) is 9.10. The summed E-state index contributed by atoms with van der Waals surface area (Å²) in [5.74, 6) is 0.521. The van der Waals surface area contributed by atoms with E-state index in [4.69, 9.17) is 10.5 Å². The number of nitrogens with two attached hydrogens (primary N) is 1. The SMILES string of the molecule is NC(c1cccs1)C1CCCOC1. The van der Waals surface area contributed by atoms with Crippen molar-refractivity contribution in [1.82, 2.24) is 0 Å². The Hall–Kier alpha value is -0.380. The van der Waals surface area contributed by atoms with Crippen LogP contribution in [-0.4, -0.2) is 13.2 Å². The second-order valence-corrected chi connectivity index (χ2v) is 4.50. The molecule has 2 rings (SSSR count). The molecule has 2 nitrogen and oxygen atoms in total. The van der Waals surface area contributed by atoms with Gasteiger partial charge in [-0.1, -0.05) is 6.07 Å². The summed E-state index contributed by atoms with van der Waals surface area (Å²) in [6, 6.07) is 4.35. The van der Waals surface area contributed by atoms with E-state index >= 15 is 0 Å². The van der Waals surface area contributed by atoms with E-state index in [2.05, 4.69) is 17.5 Å². The molecule has 0 spiro atoms. The largest absolute Gasteiger partial charge is 0.381 e. The van der Waals surface area contributed by atoms with Gasteiger partial charge in [0.25, 0.3) is 0 Å². The van der Waals surface area contributed by atoms with E-state index in [1.807, 2.05) is 0 Å². The van der Waals surface area contributed by atoms with Crippen LogP contribution in [0.15, 0.2) is 17.5 Å². The van der Waals surface area contributed by atoms with Gasteiger partial charge < -0.3 is 10.5 Å². The highest BCUT2D eigenvalue weighted by Crippen LogP contribution is 2.29. The third-order valence-corrected chi connectivity index (χ3v) is 3.55. The van der Waals surface area contributed by atoms with Crippen molar-refractivity contribution in [3.63, 3.8) is 0 Å². The number of thiophene rings is 1. The van der Waals surface area contributed by atoms with Crippen molar-refractivity contribution in [2.75, 3.05) is 13.2 Å². The lowest BCUT2D eigenvalue weighted by molar-refractivity contribution is 0.0452. The van der Waals surface area contributed by atoms with E-state index < -0.39 is 0 Å². The van der Waals surface area contributed by atoms with Gasteiger partial charge >= 0.3 is 0 Å². The van der Waals surface area contributed by atoms with E-state index in [1.54, 1.807) is 11.3 Å². The standard InChI is InChI=1S/C10H15NOS/c11-10(9-4-2-6-13-9)8-3-1-5-12-7-8/h2,4,6,8,10H,1,3,5,7,11H2. The van der Waals surface area contributed by atoms with Crippen LogP contribution in [-0.2, 0) is 4.74 Å². The van der Waals surface area contributed by atoms with E-state index in [-0.39, 0.29) is 6.04 Å². The Morgan fingerprint density at radius 2 is 2.54 bits per heavy atom. The van der Waals surface area contributed by atoms with Gasteiger partial charge in [0, 0.05) is 23.4 Å². The van der Waals surface area contributed by atoms with Crippen molar-refractivity contribution in [1.29, 1.82) is 0 Å². The molecule has 1 aliphatic rings. The van der Waals surface area contributed by atoms with Crippen LogP contribution in [0.1, 0.15) is 23.8 Å². The van der Waals surface area contributed by atoms with E-state index in [0.717, 1.165) is 19.6 Å². The van der Waals surface area contributed by atoms with Crippen molar-refractivity contribution in [3.05, 3.63) is 22.4 Å². The molecule has 1 fully saturated rings. The minimum atomic E-state index is 0.181. The number of rotatable bonds is 2. The van der Waals surface area contributed by atoms with E-state index in [0.29, 0.717) is 5.92 Å². The average Bonchev–Trinajstić information content (AvgIpc) is 2.71. The van der Waals surface area contributed by atoms with E-state index in [9.17, 15) is 0 Å². The molecule has 2 heterocycles. The Labute approximate surface area is 82.7 Å². The lowest BCUT2D eigenvalue weighted by Crippen LogP contribution is -2.28. The molecule has 1 aliphatic heterocycles. The first kappa shape index (κ1) is 9.19. The topological polar surface area (TPSA) is 35.2 Å². The maximum atomic E-state index is 6.14. The third-order valence-electron chi connectivity index (χ3n) is 2.58. The Bertz CT molecular complexity index is 241. The molecular formula is C10H15NOS. The predicted molar refractivity (Wildman–Crippen MR) is 54.8 cm³/mol. The first-order valence-corrected chi connectivity index (χ1v) is 5.62. The van der Waals surface area contributed by atoms with Gasteiger partial charge in [-0.15, -0.1) is 11.3 Å². The van der Waals surface area contributed by atoms with Crippen LogP contribution in [0.25, 0.3) is 0 Å². The summed E-state index contributed by atoms with van der Waals surface area (Å²) in [6.07, 6.45) is 2.36. The quantitative estimate of drug-likeness (QED) is 0.788. The van der Waals surface area contributed by atoms with Crippen molar-refractivity contribution in [2.24, 2.45) is 11.7 Å². The first-order valence-electron chi connectivity index (χ1n) is 4.74. The Kier molecular flexibility index (Phi) is 2.98. The minimum absolute atomic E-state index is 0.181. The van der Waals surface area contributed by atoms with Gasteiger partial charge in [-0.3, -0.25) is 0 Å². The van der Waals surface area contributed by atoms with Crippen LogP contribution in [0.5, 0.6) is 0 Å². The van der Waals surface area contributed by atoms with Crippen LogP contribution < -0.4 is 5.73 Å². The van der Waals surface area contributed by atoms with E-state index in [1.165, 1.54) is 11.3 Å². The highest BCUT2D eigenvalue weighted by molar-refractivity contribution is 7.10. The fourth-order valence-electron chi connectivity index (χ4n) is 1.76. The zero-order valence-electron chi connectivity index (χ0n) is 7.61. The summed E-state index contributed by atoms with van der Waals surface area (Å²) in [6.45, 7) is 1.74. The number of hydrogen-bond acceptors (Lipinski definition) is 3. The molecule has 1 saturated heterocycles. The molecule has 1 aromatic rings. The van der Waals surface area contributed by atoms with Crippen molar-refractivity contribution in [2.45, 2.75) is 18.9 Å². The molecule has 0 saturated carbocycles. The highest BCUT2D eigenvalue weighted by atomic mass is 32.1. The molecule has 2 unspecified atom stereocenters. The molecule has 0 aliphatic carbocycles. The molecule has 3 heteroatoms. The lowest BCUT2D eigenvalue weighted by Gasteiger charge is -2.26. The van der Waals surface area contributed by atoms with Crippen LogP contribution in [0.4, 0.5) is 0 Å². The Morgan fingerprint density at radius 1 is 1.62 bits per heavy atom. The zero-order valence-corrected chi connectivity index (χ0v) is 8.43. The summed E-state index contributed by atoms with van der Waals surface area (Å²) >= 11 is 1.74. The molecule has 0 bridgehead atoms. The van der Waals surface area contributed by atoms with Crippen molar-refractivity contribution < 1.29 is 4.74 Å². The lowest BCUT2D eigenvalue weighted by atomic mass is 9.93. The molecule has 2 atom stereocenters. The fourth-order valence-corrected chi connectivity index (χ4v) is 2.58. The second-order valence-electron chi connectivity index (χ2n) is 3.52.